The van der Waals surface area contributed by atoms with Gasteiger partial charge >= 0.3 is 21.1 Å². The van der Waals surface area contributed by atoms with Gasteiger partial charge in [0.1, 0.15) is 45.8 Å². The monoisotopic (exact) mass is 2070 g/mol. The number of fused-ring (bicyclic) bond motifs is 24. The minimum atomic E-state index is -0.242. The molecule has 13 aromatic carbocycles. The molecule has 0 fully saturated rings. The van der Waals surface area contributed by atoms with E-state index in [0.717, 1.165) is 111 Å². The van der Waals surface area contributed by atoms with E-state index in [0.29, 0.717) is 11.5 Å². The van der Waals surface area contributed by atoms with Gasteiger partial charge in [0.15, 0.2) is 0 Å². The van der Waals surface area contributed by atoms with Crippen LogP contribution >= 0.6 is 15.9 Å². The molecule has 11 aromatic heterocycles. The fourth-order valence-corrected chi connectivity index (χ4v) is 22.3. The Bertz CT molecular complexity index is 8860. The van der Waals surface area contributed by atoms with Crippen molar-refractivity contribution in [2.45, 2.75) is 136 Å². The summed E-state index contributed by atoms with van der Waals surface area (Å²) in [6, 6.07) is 115. The standard InChI is InChI=1S/C41H34N4O.C41H32N4O.C24H24N2O.C18H12BrN.Pt/c2*1-40(2,3)25-21-31-29-12-10-20-43-39(29)45-36-24-27(15-17-32(36)41(4,5)33(22-25)38(31)45)46-26-16-18-35-30(23-26)28-11-6-7-13-34(28)44(35)37-14-8-9-19-42-37;1-23(2,3)14-11-17-16-7-6-10-25-22(16)26-20-13-15(27)8-9-18(20)24(4,5)19(12-14)21(17)26;19-13-10-11-18-16(12-13)15-8-4-5-9-17(15)20(18)14-6-2-1-3-7-14;/h6-24H,1-5H3;6-17,19-23H,1-5H3;6-13,27H,1-5H3;1-12H;/q;-2;;;+2. The Morgan fingerprint density at radius 1 is 0.307 bits per heavy atom. The summed E-state index contributed by atoms with van der Waals surface area (Å²) >= 11 is 3.57. The fraction of sp³-hybridized carbons (Fsp3) is 0.169. The van der Waals surface area contributed by atoms with Crippen molar-refractivity contribution in [3.05, 3.63) is 407 Å². The van der Waals surface area contributed by atoms with Crippen LogP contribution in [0.5, 0.6) is 28.7 Å². The second-order valence-corrected chi connectivity index (χ2v) is 42.8. The Labute approximate surface area is 835 Å². The quantitative estimate of drug-likeness (QED) is 0.156. The first kappa shape index (κ1) is 88.9. The van der Waals surface area contributed by atoms with Crippen LogP contribution in [0.1, 0.15) is 154 Å². The fourth-order valence-electron chi connectivity index (χ4n) is 22.0. The van der Waals surface area contributed by atoms with Crippen molar-refractivity contribution in [3.8, 4) is 63.1 Å². The third-order valence-electron chi connectivity index (χ3n) is 29.1. The van der Waals surface area contributed by atoms with Crippen molar-refractivity contribution in [2.24, 2.45) is 0 Å². The van der Waals surface area contributed by atoms with Gasteiger partial charge in [-0.15, -0.1) is 29.8 Å². The summed E-state index contributed by atoms with van der Waals surface area (Å²) < 4.78 is 27.9. The number of hydrogen-bond donors (Lipinski definition) is 1. The maximum Gasteiger partial charge on any atom is 2.00 e. The van der Waals surface area contributed by atoms with Crippen molar-refractivity contribution in [1.82, 2.24) is 52.3 Å². The molecule has 16 heteroatoms. The Balaban J connectivity index is 0.000000109. The molecule has 14 heterocycles. The molecule has 0 bridgehead atoms. The van der Waals surface area contributed by atoms with Gasteiger partial charge in [-0.05, 0) is 235 Å². The van der Waals surface area contributed by atoms with E-state index < -0.39 is 0 Å². The van der Waals surface area contributed by atoms with Crippen molar-refractivity contribution >= 4 is 147 Å². The molecule has 140 heavy (non-hydrogen) atoms. The molecule has 14 nitrogen and oxygen atoms in total. The number of aromatic nitrogens is 11. The van der Waals surface area contributed by atoms with Crippen molar-refractivity contribution < 1.29 is 35.6 Å². The molecule has 0 aliphatic carbocycles. The van der Waals surface area contributed by atoms with E-state index in [1.54, 1.807) is 6.07 Å². The van der Waals surface area contributed by atoms with Crippen molar-refractivity contribution in [3.63, 3.8) is 0 Å². The van der Waals surface area contributed by atoms with Crippen molar-refractivity contribution in [2.75, 3.05) is 0 Å². The Kier molecular flexibility index (Phi) is 20.9. The average Bonchev–Trinajstić information content (AvgIpc) is 1.53. The first-order valence-electron chi connectivity index (χ1n) is 47.7. The zero-order valence-corrected chi connectivity index (χ0v) is 84.6. The van der Waals surface area contributed by atoms with Crippen LogP contribution in [-0.4, -0.2) is 57.4 Å². The van der Waals surface area contributed by atoms with Crippen LogP contribution in [0.25, 0.3) is 166 Å². The topological polar surface area (TPSA) is 133 Å². The SMILES string of the molecule is Brc1ccc2c(c1)c1ccccc1n2-c1ccccc1.CC(C)(C)c1cc2c3c(c1)c1cccnc1n3-c1[c-]c(Oc3c[c-]c4c(c3)c3ccccc3n4-c3ccccn3)ccc1C2(C)C.CC(C)(C)c1cc2c3c(c1)c1cccnc1n3-c1cc(O)ccc1C2(C)C.CC(C)(C)c1cc2c3c(c1)c1cccnc1n3-c1cc(Oc3ccc4c(c3)c3ccccc3n4-c3ccccn3)ccc1C2(C)C.[Pt+2]. The largest absolute Gasteiger partial charge is 2.00 e. The van der Waals surface area contributed by atoms with E-state index in [9.17, 15) is 5.11 Å². The Hall–Kier alpha value is -15.0. The van der Waals surface area contributed by atoms with Gasteiger partial charge in [-0.2, -0.15) is 12.1 Å². The molecule has 0 saturated heterocycles. The van der Waals surface area contributed by atoms with E-state index in [1.807, 2.05) is 110 Å². The Morgan fingerprint density at radius 2 is 0.714 bits per heavy atom. The van der Waals surface area contributed by atoms with Crippen LogP contribution < -0.4 is 9.47 Å². The summed E-state index contributed by atoms with van der Waals surface area (Å²) in [6.07, 6.45) is 9.27. The first-order valence-corrected chi connectivity index (χ1v) is 48.5. The van der Waals surface area contributed by atoms with Crippen LogP contribution in [0, 0.1) is 12.1 Å². The maximum absolute atomic E-state index is 10.2. The van der Waals surface area contributed by atoms with E-state index in [2.05, 4.69) is 394 Å². The van der Waals surface area contributed by atoms with Gasteiger partial charge in [0.2, 0.25) is 0 Å². The number of hydrogen-bond acceptors (Lipinski definition) is 8. The minimum Gasteiger partial charge on any atom is -0.541 e. The molecule has 0 spiro atoms. The molecule has 24 aromatic rings. The van der Waals surface area contributed by atoms with E-state index in [-0.39, 0.29) is 59.3 Å². The molecule has 688 valence electrons. The zero-order valence-electron chi connectivity index (χ0n) is 80.7. The van der Waals surface area contributed by atoms with Gasteiger partial charge in [0, 0.05) is 129 Å². The van der Waals surface area contributed by atoms with Gasteiger partial charge in [0.05, 0.1) is 50.0 Å². The minimum absolute atomic E-state index is 0. The normalized spacial score (nSPS) is 13.7. The number of benzene rings is 13. The summed E-state index contributed by atoms with van der Waals surface area (Å²) in [7, 11) is 0. The predicted octanol–water partition coefficient (Wildman–Crippen LogP) is 31.8. The number of nitrogens with zero attached hydrogens (tertiary/aromatic N) is 11. The summed E-state index contributed by atoms with van der Waals surface area (Å²) in [5.74, 6) is 4.98. The molecule has 0 radical (unpaired) electrons. The molecule has 3 aliphatic heterocycles. The third kappa shape index (κ3) is 14.2. The van der Waals surface area contributed by atoms with E-state index in [1.165, 1.54) is 121 Å². The molecule has 0 unspecified atom stereocenters. The number of phenolic OH excluding ortho intramolecular Hbond substituents is 1. The second-order valence-electron chi connectivity index (χ2n) is 41.9. The van der Waals surface area contributed by atoms with Crippen LogP contribution in [-0.2, 0) is 53.6 Å². The average molecular weight is 2070 g/mol. The van der Waals surface area contributed by atoms with Gasteiger partial charge < -0.3 is 28.3 Å². The van der Waals surface area contributed by atoms with Gasteiger partial charge in [-0.3, -0.25) is 13.7 Å². The molecular weight excluding hydrogens is 1970 g/mol. The summed E-state index contributed by atoms with van der Waals surface area (Å²) in [4.78, 5) is 23.8. The summed E-state index contributed by atoms with van der Waals surface area (Å²) in [6.45, 7) is 34.4. The summed E-state index contributed by atoms with van der Waals surface area (Å²) in [5.41, 5.74) is 28.7. The molecule has 0 saturated carbocycles. The van der Waals surface area contributed by atoms with Crippen LogP contribution in [0.4, 0.5) is 0 Å². The van der Waals surface area contributed by atoms with Gasteiger partial charge in [0.25, 0.3) is 0 Å². The van der Waals surface area contributed by atoms with Crippen LogP contribution in [0.2, 0.25) is 0 Å². The Morgan fingerprint density at radius 3 is 1.26 bits per heavy atom. The maximum atomic E-state index is 10.2. The number of phenols is 1. The molecule has 1 N–H and O–H groups in total. The smallest absolute Gasteiger partial charge is 0.541 e. The first-order chi connectivity index (χ1) is 66.9. The third-order valence-corrected chi connectivity index (χ3v) is 29.6. The van der Waals surface area contributed by atoms with E-state index >= 15 is 0 Å². The number of aromatic hydroxyl groups is 1. The molecule has 0 atom stereocenters. The van der Waals surface area contributed by atoms with Gasteiger partial charge in [-0.1, -0.05) is 252 Å². The zero-order chi connectivity index (χ0) is 95.4. The molecule has 27 rings (SSSR count). The predicted molar refractivity (Wildman–Crippen MR) is 573 cm³/mol. The van der Waals surface area contributed by atoms with Crippen LogP contribution in [0.15, 0.2) is 345 Å². The number of ether oxygens (including phenoxy) is 2. The summed E-state index contributed by atoms with van der Waals surface area (Å²) in [5, 5.41) is 24.4. The van der Waals surface area contributed by atoms with Gasteiger partial charge in [-0.25, -0.2) is 24.9 Å². The number of pyridine rings is 5. The molecule has 0 amide bonds. The second kappa shape index (κ2) is 32.8. The van der Waals surface area contributed by atoms with Crippen LogP contribution in [0.3, 0.4) is 0 Å². The van der Waals surface area contributed by atoms with Crippen molar-refractivity contribution in [1.29, 1.82) is 0 Å². The number of rotatable bonds is 7. The molecular formula is C124H102BrN11O3Pt. The number of para-hydroxylation sites is 4. The van der Waals surface area contributed by atoms with E-state index in [4.69, 9.17) is 24.4 Å². The molecule has 3 aliphatic rings. The number of halogens is 1.